The molecule has 3 aromatic carbocycles. The van der Waals surface area contributed by atoms with Crippen LogP contribution in [-0.4, -0.2) is 18.0 Å². The number of hydrogen-bond acceptors (Lipinski definition) is 0. The summed E-state index contributed by atoms with van der Waals surface area (Å²) in [5.74, 6) is 0. The minimum atomic E-state index is -0.245. The van der Waals surface area contributed by atoms with Crippen LogP contribution in [0.1, 0.15) is 19.3 Å². The molecule has 1 aliphatic heterocycles. The standard InChI is InChI=1S/C24H26P2/c1-4-11-21(12-5-1)25-19-10-17-24(25)18-20-26(22-13-6-2-7-14-22)23-15-8-3-9-16-23/h1-9,11-16,24H,10,17-20H2/t24?,25-/m1/s1. The third kappa shape index (κ3) is 4.25. The fourth-order valence-electron chi connectivity index (χ4n) is 4.00. The van der Waals surface area contributed by atoms with Crippen molar-refractivity contribution in [2.45, 2.75) is 24.9 Å². The zero-order chi connectivity index (χ0) is 17.6. The average molecular weight is 376 g/mol. The van der Waals surface area contributed by atoms with Gasteiger partial charge in [-0.2, -0.15) is 0 Å². The molecule has 3 aromatic rings. The third-order valence-corrected chi connectivity index (χ3v) is 11.0. The summed E-state index contributed by atoms with van der Waals surface area (Å²) in [6, 6.07) is 33.7. The second-order valence-corrected chi connectivity index (χ2v) is 11.9. The maximum Gasteiger partial charge on any atom is -0.0165 e. The first-order chi connectivity index (χ1) is 12.9. The maximum atomic E-state index is 2.36. The lowest BCUT2D eigenvalue weighted by Crippen LogP contribution is -2.17. The Morgan fingerprint density at radius 3 is 1.85 bits per heavy atom. The molecule has 1 unspecified atom stereocenters. The maximum absolute atomic E-state index is 2.36. The molecule has 1 fully saturated rings. The van der Waals surface area contributed by atoms with E-state index < -0.39 is 0 Å². The van der Waals surface area contributed by atoms with Crippen molar-refractivity contribution in [1.29, 1.82) is 0 Å². The van der Waals surface area contributed by atoms with Gasteiger partial charge in [-0.1, -0.05) is 98.9 Å². The van der Waals surface area contributed by atoms with Crippen LogP contribution in [0.3, 0.4) is 0 Å². The van der Waals surface area contributed by atoms with Crippen LogP contribution in [0, 0.1) is 0 Å². The van der Waals surface area contributed by atoms with E-state index in [0.29, 0.717) is 0 Å². The second kappa shape index (κ2) is 8.94. The smallest absolute Gasteiger partial charge is 0.0165 e. The van der Waals surface area contributed by atoms with Gasteiger partial charge in [0, 0.05) is 0 Å². The van der Waals surface area contributed by atoms with E-state index in [-0.39, 0.29) is 15.8 Å². The van der Waals surface area contributed by atoms with E-state index >= 15 is 0 Å². The molecular weight excluding hydrogens is 350 g/mol. The summed E-state index contributed by atoms with van der Waals surface area (Å²) in [6.45, 7) is 0. The van der Waals surface area contributed by atoms with Gasteiger partial charge in [0.1, 0.15) is 0 Å². The molecule has 0 N–H and O–H groups in total. The lowest BCUT2D eigenvalue weighted by molar-refractivity contribution is 0.760. The Morgan fingerprint density at radius 1 is 0.731 bits per heavy atom. The second-order valence-electron chi connectivity index (χ2n) is 6.94. The van der Waals surface area contributed by atoms with E-state index in [1.54, 1.807) is 5.30 Å². The Morgan fingerprint density at radius 2 is 1.27 bits per heavy atom. The van der Waals surface area contributed by atoms with Crippen LogP contribution in [0.15, 0.2) is 91.0 Å². The van der Waals surface area contributed by atoms with Gasteiger partial charge in [-0.25, -0.2) is 0 Å². The van der Waals surface area contributed by atoms with Crippen molar-refractivity contribution < 1.29 is 0 Å². The summed E-state index contributed by atoms with van der Waals surface area (Å²) in [6.07, 6.45) is 6.96. The molecule has 0 radical (unpaired) electrons. The van der Waals surface area contributed by atoms with Crippen molar-refractivity contribution in [1.82, 2.24) is 0 Å². The minimum absolute atomic E-state index is 0.0383. The molecule has 0 aromatic heterocycles. The largest absolute Gasteiger partial charge is 0.0721 e. The molecule has 1 aliphatic rings. The first-order valence-corrected chi connectivity index (χ1v) is 12.7. The molecule has 1 heterocycles. The van der Waals surface area contributed by atoms with Crippen molar-refractivity contribution in [2.24, 2.45) is 0 Å². The van der Waals surface area contributed by atoms with Gasteiger partial charge < -0.3 is 0 Å². The van der Waals surface area contributed by atoms with Crippen LogP contribution in [-0.2, 0) is 0 Å². The molecule has 132 valence electrons. The van der Waals surface area contributed by atoms with Crippen molar-refractivity contribution >= 4 is 31.8 Å². The van der Waals surface area contributed by atoms with Gasteiger partial charge >= 0.3 is 0 Å². The Balaban J connectivity index is 1.51. The molecule has 0 spiro atoms. The van der Waals surface area contributed by atoms with Gasteiger partial charge in [-0.05, 0) is 61.1 Å². The van der Waals surface area contributed by atoms with Gasteiger partial charge in [0.15, 0.2) is 0 Å². The highest BCUT2D eigenvalue weighted by molar-refractivity contribution is 7.73. The molecule has 0 saturated carbocycles. The summed E-state index contributed by atoms with van der Waals surface area (Å²) in [5, 5.41) is 4.67. The summed E-state index contributed by atoms with van der Waals surface area (Å²) < 4.78 is 0. The van der Waals surface area contributed by atoms with E-state index in [4.69, 9.17) is 0 Å². The first-order valence-electron chi connectivity index (χ1n) is 9.61. The van der Waals surface area contributed by atoms with Crippen molar-refractivity contribution in [2.75, 3.05) is 12.3 Å². The van der Waals surface area contributed by atoms with Crippen LogP contribution < -0.4 is 15.9 Å². The van der Waals surface area contributed by atoms with Crippen molar-refractivity contribution in [3.63, 3.8) is 0 Å². The lowest BCUT2D eigenvalue weighted by Gasteiger charge is -2.24. The highest BCUT2D eigenvalue weighted by Crippen LogP contribution is 2.51. The highest BCUT2D eigenvalue weighted by atomic mass is 31.1. The van der Waals surface area contributed by atoms with E-state index in [0.717, 1.165) is 5.66 Å². The van der Waals surface area contributed by atoms with Gasteiger partial charge in [0.2, 0.25) is 0 Å². The predicted molar refractivity (Wildman–Crippen MR) is 119 cm³/mol. The Kier molecular flexibility index (Phi) is 6.16. The average Bonchev–Trinajstić information content (AvgIpc) is 3.19. The Hall–Kier alpha value is -1.48. The molecule has 0 amide bonds. The van der Waals surface area contributed by atoms with Crippen LogP contribution in [0.2, 0.25) is 0 Å². The van der Waals surface area contributed by atoms with Crippen molar-refractivity contribution in [3.8, 4) is 0 Å². The molecule has 0 bridgehead atoms. The summed E-state index contributed by atoms with van der Waals surface area (Å²) in [4.78, 5) is 0. The van der Waals surface area contributed by atoms with Gasteiger partial charge in [0.05, 0.1) is 0 Å². The molecule has 4 rings (SSSR count). The number of rotatable bonds is 6. The highest BCUT2D eigenvalue weighted by Gasteiger charge is 2.28. The molecule has 2 atom stereocenters. The summed E-state index contributed by atoms with van der Waals surface area (Å²) in [7, 11) is -0.206. The molecule has 0 nitrogen and oxygen atoms in total. The molecule has 26 heavy (non-hydrogen) atoms. The monoisotopic (exact) mass is 376 g/mol. The Bertz CT molecular complexity index is 747. The summed E-state index contributed by atoms with van der Waals surface area (Å²) in [5.41, 5.74) is 0.907. The summed E-state index contributed by atoms with van der Waals surface area (Å²) >= 11 is 0. The molecule has 2 heteroatoms. The molecule has 0 aliphatic carbocycles. The van der Waals surface area contributed by atoms with E-state index in [1.807, 2.05) is 0 Å². The first kappa shape index (κ1) is 17.9. The molecule has 1 saturated heterocycles. The number of hydrogen-bond donors (Lipinski definition) is 0. The lowest BCUT2D eigenvalue weighted by atomic mass is 10.2. The zero-order valence-electron chi connectivity index (χ0n) is 15.2. The van der Waals surface area contributed by atoms with Gasteiger partial charge in [-0.15, -0.1) is 0 Å². The SMILES string of the molecule is c1ccc(P(CCC2CCC[P@]2c2ccccc2)c2ccccc2)cc1. The van der Waals surface area contributed by atoms with Gasteiger partial charge in [0.25, 0.3) is 0 Å². The molecular formula is C24H26P2. The van der Waals surface area contributed by atoms with E-state index in [9.17, 15) is 0 Å². The van der Waals surface area contributed by atoms with Crippen LogP contribution in [0.25, 0.3) is 0 Å². The van der Waals surface area contributed by atoms with Crippen LogP contribution >= 0.6 is 15.8 Å². The quantitative estimate of drug-likeness (QED) is 0.500. The number of benzene rings is 3. The van der Waals surface area contributed by atoms with Gasteiger partial charge in [-0.3, -0.25) is 0 Å². The van der Waals surface area contributed by atoms with E-state index in [1.165, 1.54) is 42.2 Å². The minimum Gasteiger partial charge on any atom is -0.0721 e. The normalized spacial score (nSPS) is 19.7. The topological polar surface area (TPSA) is 0 Å². The van der Waals surface area contributed by atoms with Crippen LogP contribution in [0.4, 0.5) is 0 Å². The van der Waals surface area contributed by atoms with E-state index in [2.05, 4.69) is 91.0 Å². The fourth-order valence-corrected chi connectivity index (χ4v) is 9.71. The van der Waals surface area contributed by atoms with Crippen LogP contribution in [0.5, 0.6) is 0 Å². The fraction of sp³-hybridized carbons (Fsp3) is 0.250. The zero-order valence-corrected chi connectivity index (χ0v) is 17.0. The third-order valence-electron chi connectivity index (χ3n) is 5.29. The van der Waals surface area contributed by atoms with Crippen molar-refractivity contribution in [3.05, 3.63) is 91.0 Å². The Labute approximate surface area is 160 Å². The predicted octanol–water partition coefficient (Wildman–Crippen LogP) is 5.48.